The first-order valence-electron chi connectivity index (χ1n) is 8.14. The molecular formula is C19H23NO2S. The highest BCUT2D eigenvalue weighted by Crippen LogP contribution is 2.26. The van der Waals surface area contributed by atoms with Gasteiger partial charge in [0.15, 0.2) is 0 Å². The summed E-state index contributed by atoms with van der Waals surface area (Å²) in [5, 5.41) is 2.06. The number of morpholine rings is 1. The van der Waals surface area contributed by atoms with E-state index in [0.717, 1.165) is 12.0 Å². The summed E-state index contributed by atoms with van der Waals surface area (Å²) in [4.78, 5) is 15.8. The van der Waals surface area contributed by atoms with Gasteiger partial charge in [0.1, 0.15) is 6.10 Å². The summed E-state index contributed by atoms with van der Waals surface area (Å²) in [6.45, 7) is 5.46. The maximum atomic E-state index is 12.5. The zero-order chi connectivity index (χ0) is 16.2. The summed E-state index contributed by atoms with van der Waals surface area (Å²) >= 11 is 1.72. The summed E-state index contributed by atoms with van der Waals surface area (Å²) in [5.74, 6) is 0.227. The Balaban J connectivity index is 1.62. The summed E-state index contributed by atoms with van der Waals surface area (Å²) < 4.78 is 6.05. The summed E-state index contributed by atoms with van der Waals surface area (Å²) in [5.41, 5.74) is 2.39. The van der Waals surface area contributed by atoms with E-state index in [-0.39, 0.29) is 18.1 Å². The van der Waals surface area contributed by atoms with E-state index < -0.39 is 0 Å². The average Bonchev–Trinajstić information content (AvgIpc) is 3.06. The lowest BCUT2D eigenvalue weighted by Gasteiger charge is -2.37. The van der Waals surface area contributed by atoms with Gasteiger partial charge in [-0.3, -0.25) is 4.79 Å². The molecule has 1 aromatic heterocycles. The van der Waals surface area contributed by atoms with Crippen LogP contribution in [0.2, 0.25) is 0 Å². The lowest BCUT2D eigenvalue weighted by molar-refractivity contribution is -0.144. The van der Waals surface area contributed by atoms with E-state index in [1.807, 2.05) is 17.9 Å². The van der Waals surface area contributed by atoms with E-state index in [4.69, 9.17) is 4.74 Å². The van der Waals surface area contributed by atoms with Crippen LogP contribution in [0.25, 0.3) is 0 Å². The van der Waals surface area contributed by atoms with E-state index in [1.54, 1.807) is 11.3 Å². The first-order valence-corrected chi connectivity index (χ1v) is 9.02. The molecule has 3 nitrogen and oxygen atoms in total. The highest BCUT2D eigenvalue weighted by atomic mass is 32.1. The topological polar surface area (TPSA) is 29.5 Å². The highest BCUT2D eigenvalue weighted by Gasteiger charge is 2.29. The van der Waals surface area contributed by atoms with Crippen LogP contribution < -0.4 is 0 Å². The predicted molar refractivity (Wildman–Crippen MR) is 93.7 cm³/mol. The van der Waals surface area contributed by atoms with Crippen LogP contribution in [-0.4, -0.2) is 30.0 Å². The fourth-order valence-electron chi connectivity index (χ4n) is 2.96. The number of carbonyl (C=O) groups excluding carboxylic acids is 1. The smallest absolute Gasteiger partial charge is 0.223 e. The quantitative estimate of drug-likeness (QED) is 0.849. The lowest BCUT2D eigenvalue weighted by atomic mass is 10.0. The Hall–Kier alpha value is -1.65. The molecule has 4 heteroatoms. The SMILES string of the molecule is Cc1ccc(C2CN(C(=O)CCc3cccs3)CC(C)O2)cc1. The molecule has 1 amide bonds. The van der Waals surface area contributed by atoms with Gasteiger partial charge in [-0.2, -0.15) is 0 Å². The normalized spacial score (nSPS) is 21.4. The molecule has 1 aromatic carbocycles. The summed E-state index contributed by atoms with van der Waals surface area (Å²) in [7, 11) is 0. The third-order valence-electron chi connectivity index (χ3n) is 4.23. The van der Waals surface area contributed by atoms with Crippen LogP contribution in [0, 0.1) is 6.92 Å². The van der Waals surface area contributed by atoms with Crippen molar-refractivity contribution in [1.29, 1.82) is 0 Å². The van der Waals surface area contributed by atoms with Gasteiger partial charge in [-0.25, -0.2) is 0 Å². The van der Waals surface area contributed by atoms with Crippen molar-refractivity contribution in [2.45, 2.75) is 38.9 Å². The Labute approximate surface area is 141 Å². The van der Waals surface area contributed by atoms with Gasteiger partial charge in [-0.05, 0) is 37.3 Å². The third kappa shape index (κ3) is 4.21. The molecular weight excluding hydrogens is 306 g/mol. The van der Waals surface area contributed by atoms with E-state index in [1.165, 1.54) is 10.4 Å². The van der Waals surface area contributed by atoms with Crippen molar-refractivity contribution in [3.05, 3.63) is 57.8 Å². The molecule has 122 valence electrons. The van der Waals surface area contributed by atoms with Crippen LogP contribution in [0.5, 0.6) is 0 Å². The number of hydrogen-bond donors (Lipinski definition) is 0. The molecule has 0 N–H and O–H groups in total. The Bertz CT molecular complexity index is 636. The number of rotatable bonds is 4. The number of thiophene rings is 1. The first-order chi connectivity index (χ1) is 11.1. The minimum absolute atomic E-state index is 0.0231. The van der Waals surface area contributed by atoms with Crippen molar-refractivity contribution >= 4 is 17.2 Å². The van der Waals surface area contributed by atoms with E-state index in [9.17, 15) is 4.79 Å². The largest absolute Gasteiger partial charge is 0.367 e. The molecule has 0 aliphatic carbocycles. The zero-order valence-corrected chi connectivity index (χ0v) is 14.5. The Morgan fingerprint density at radius 2 is 2.04 bits per heavy atom. The van der Waals surface area contributed by atoms with Crippen molar-refractivity contribution in [3.8, 4) is 0 Å². The summed E-state index contributed by atoms with van der Waals surface area (Å²) in [6, 6.07) is 12.5. The molecule has 0 saturated carbocycles. The second-order valence-corrected chi connectivity index (χ2v) is 7.26. The van der Waals surface area contributed by atoms with Gasteiger partial charge >= 0.3 is 0 Å². The van der Waals surface area contributed by atoms with Crippen LogP contribution >= 0.6 is 11.3 Å². The molecule has 1 aliphatic rings. The molecule has 2 heterocycles. The average molecular weight is 329 g/mol. The van der Waals surface area contributed by atoms with E-state index in [0.29, 0.717) is 19.5 Å². The number of carbonyl (C=O) groups is 1. The summed E-state index contributed by atoms with van der Waals surface area (Å²) in [6.07, 6.45) is 1.46. The van der Waals surface area contributed by atoms with Crippen molar-refractivity contribution in [2.75, 3.05) is 13.1 Å². The first kappa shape index (κ1) is 16.2. The van der Waals surface area contributed by atoms with Gasteiger partial charge in [-0.1, -0.05) is 35.9 Å². The van der Waals surface area contributed by atoms with Crippen LogP contribution in [0.4, 0.5) is 0 Å². The van der Waals surface area contributed by atoms with Crippen LogP contribution in [-0.2, 0) is 16.0 Å². The number of hydrogen-bond acceptors (Lipinski definition) is 3. The molecule has 23 heavy (non-hydrogen) atoms. The van der Waals surface area contributed by atoms with Crippen molar-refractivity contribution in [3.63, 3.8) is 0 Å². The van der Waals surface area contributed by atoms with Crippen LogP contribution in [0.15, 0.2) is 41.8 Å². The van der Waals surface area contributed by atoms with Gasteiger partial charge < -0.3 is 9.64 Å². The molecule has 0 bridgehead atoms. The van der Waals surface area contributed by atoms with Gasteiger partial charge in [-0.15, -0.1) is 11.3 Å². The third-order valence-corrected chi connectivity index (χ3v) is 5.16. The number of ether oxygens (including phenoxy) is 1. The molecule has 1 fully saturated rings. The second kappa shape index (κ2) is 7.28. The van der Waals surface area contributed by atoms with Gasteiger partial charge in [0.25, 0.3) is 0 Å². The maximum Gasteiger partial charge on any atom is 0.223 e. The standard InChI is InChI=1S/C19H23NO2S/c1-14-5-7-16(8-6-14)18-13-20(12-15(2)22-18)19(21)10-9-17-4-3-11-23-17/h3-8,11,15,18H,9-10,12-13H2,1-2H3. The van der Waals surface area contributed by atoms with Crippen molar-refractivity contribution in [1.82, 2.24) is 4.90 Å². The molecule has 0 spiro atoms. The van der Waals surface area contributed by atoms with Crippen molar-refractivity contribution < 1.29 is 9.53 Å². The minimum atomic E-state index is -0.0231. The fourth-order valence-corrected chi connectivity index (χ4v) is 3.67. The number of benzene rings is 1. The molecule has 1 aliphatic heterocycles. The molecule has 2 atom stereocenters. The monoisotopic (exact) mass is 329 g/mol. The zero-order valence-electron chi connectivity index (χ0n) is 13.7. The number of amides is 1. The lowest BCUT2D eigenvalue weighted by Crippen LogP contribution is -2.46. The molecule has 0 radical (unpaired) electrons. The van der Waals surface area contributed by atoms with E-state index in [2.05, 4.69) is 42.6 Å². The predicted octanol–water partition coefficient (Wildman–Crippen LogP) is 3.98. The van der Waals surface area contributed by atoms with Gasteiger partial charge in [0, 0.05) is 17.8 Å². The highest BCUT2D eigenvalue weighted by molar-refractivity contribution is 7.09. The number of nitrogens with zero attached hydrogens (tertiary/aromatic N) is 1. The van der Waals surface area contributed by atoms with Crippen LogP contribution in [0.3, 0.4) is 0 Å². The van der Waals surface area contributed by atoms with Crippen molar-refractivity contribution in [2.24, 2.45) is 0 Å². The molecule has 2 aromatic rings. The Morgan fingerprint density at radius 3 is 2.74 bits per heavy atom. The molecule has 3 rings (SSSR count). The van der Waals surface area contributed by atoms with Gasteiger partial charge in [0.2, 0.25) is 5.91 Å². The fraction of sp³-hybridized carbons (Fsp3) is 0.421. The minimum Gasteiger partial charge on any atom is -0.367 e. The second-order valence-electron chi connectivity index (χ2n) is 6.22. The molecule has 1 saturated heterocycles. The Kier molecular flexibility index (Phi) is 5.13. The Morgan fingerprint density at radius 1 is 1.26 bits per heavy atom. The molecule has 2 unspecified atom stereocenters. The number of aryl methyl sites for hydroxylation is 2. The van der Waals surface area contributed by atoms with E-state index >= 15 is 0 Å². The van der Waals surface area contributed by atoms with Crippen LogP contribution in [0.1, 0.15) is 35.5 Å². The van der Waals surface area contributed by atoms with Gasteiger partial charge in [0.05, 0.1) is 12.6 Å². The maximum absolute atomic E-state index is 12.5.